The molecule has 3 rings (SSSR count). The van der Waals surface area contributed by atoms with E-state index in [1.807, 2.05) is 0 Å². The summed E-state index contributed by atoms with van der Waals surface area (Å²) in [6.07, 6.45) is 0.955. The molecule has 0 aromatic heterocycles. The number of rotatable bonds is 3. The third kappa shape index (κ3) is 2.29. The van der Waals surface area contributed by atoms with Gasteiger partial charge in [0.25, 0.3) is 0 Å². The summed E-state index contributed by atoms with van der Waals surface area (Å²) in [6.45, 7) is 0. The van der Waals surface area contributed by atoms with E-state index in [1.165, 1.54) is 19.2 Å². The Hall–Kier alpha value is -1.94. The van der Waals surface area contributed by atoms with Crippen molar-refractivity contribution >= 4 is 0 Å². The first-order chi connectivity index (χ1) is 10.0. The van der Waals surface area contributed by atoms with Crippen molar-refractivity contribution in [2.24, 2.45) is 0 Å². The third-order valence-corrected chi connectivity index (χ3v) is 4.15. The fraction of sp³-hybridized carbons (Fsp3) is 0.294. The second kappa shape index (κ2) is 5.11. The average molecular weight is 290 g/mol. The first-order valence-corrected chi connectivity index (χ1v) is 6.87. The Bertz CT molecular complexity index is 684. The summed E-state index contributed by atoms with van der Waals surface area (Å²) < 4.78 is 33.0. The van der Waals surface area contributed by atoms with E-state index in [0.29, 0.717) is 29.5 Å². The van der Waals surface area contributed by atoms with Crippen molar-refractivity contribution in [3.05, 3.63) is 64.7 Å². The van der Waals surface area contributed by atoms with Crippen molar-refractivity contribution in [2.75, 3.05) is 7.11 Å². The summed E-state index contributed by atoms with van der Waals surface area (Å²) >= 11 is 0. The molecule has 0 aliphatic heterocycles. The zero-order valence-electron chi connectivity index (χ0n) is 11.7. The zero-order chi connectivity index (χ0) is 15.0. The highest BCUT2D eigenvalue weighted by molar-refractivity contribution is 5.41. The van der Waals surface area contributed by atoms with Crippen LogP contribution in [0, 0.1) is 11.6 Å². The van der Waals surface area contributed by atoms with Crippen LogP contribution < -0.4 is 4.74 Å². The highest BCUT2D eigenvalue weighted by Gasteiger charge is 2.38. The number of hydrogen-bond donors (Lipinski definition) is 1. The monoisotopic (exact) mass is 290 g/mol. The molecule has 1 aliphatic carbocycles. The van der Waals surface area contributed by atoms with Gasteiger partial charge in [-0.3, -0.25) is 0 Å². The minimum atomic E-state index is -1.23. The van der Waals surface area contributed by atoms with Gasteiger partial charge in [0.05, 0.1) is 12.7 Å². The molecule has 2 aromatic carbocycles. The normalized spacial score (nSPS) is 20.4. The molecule has 0 bridgehead atoms. The molecule has 0 saturated heterocycles. The molecular weight excluding hydrogens is 274 g/mol. The smallest absolute Gasteiger partial charge is 0.168 e. The Morgan fingerprint density at radius 1 is 1.19 bits per heavy atom. The maximum Gasteiger partial charge on any atom is 0.168 e. The van der Waals surface area contributed by atoms with Crippen molar-refractivity contribution in [2.45, 2.75) is 24.9 Å². The standard InChI is InChI=1S/C17H16F2O2/c1-21-15-7-2-4-11(16(15)19)10-17(20)9-8-12-13(17)5-3-6-14(12)18/h2-7,20H,8-10H2,1H3. The van der Waals surface area contributed by atoms with E-state index in [0.717, 1.165) is 0 Å². The van der Waals surface area contributed by atoms with Gasteiger partial charge >= 0.3 is 0 Å². The van der Waals surface area contributed by atoms with E-state index in [-0.39, 0.29) is 18.0 Å². The third-order valence-electron chi connectivity index (χ3n) is 4.15. The van der Waals surface area contributed by atoms with Crippen LogP contribution in [0.4, 0.5) is 8.78 Å². The number of methoxy groups -OCH3 is 1. The molecule has 0 heterocycles. The maximum atomic E-state index is 14.2. The van der Waals surface area contributed by atoms with Gasteiger partial charge < -0.3 is 9.84 Å². The molecule has 1 unspecified atom stereocenters. The van der Waals surface area contributed by atoms with E-state index in [1.54, 1.807) is 24.3 Å². The minimum Gasteiger partial charge on any atom is -0.494 e. The van der Waals surface area contributed by atoms with Crippen LogP contribution in [0.25, 0.3) is 0 Å². The molecule has 1 N–H and O–H groups in total. The largest absolute Gasteiger partial charge is 0.494 e. The Labute approximate surface area is 122 Å². The lowest BCUT2D eigenvalue weighted by atomic mass is 9.88. The van der Waals surface area contributed by atoms with Gasteiger partial charge in [0.1, 0.15) is 5.82 Å². The summed E-state index contributed by atoms with van der Waals surface area (Å²) in [7, 11) is 1.40. The summed E-state index contributed by atoms with van der Waals surface area (Å²) in [5.41, 5.74) is 0.229. The van der Waals surface area contributed by atoms with Crippen molar-refractivity contribution in [1.82, 2.24) is 0 Å². The van der Waals surface area contributed by atoms with Crippen molar-refractivity contribution in [3.63, 3.8) is 0 Å². The zero-order valence-corrected chi connectivity index (χ0v) is 11.7. The first kappa shape index (κ1) is 14.0. The van der Waals surface area contributed by atoms with Crippen LogP contribution in [-0.4, -0.2) is 12.2 Å². The van der Waals surface area contributed by atoms with Gasteiger partial charge in [0.15, 0.2) is 11.6 Å². The molecule has 2 aromatic rings. The molecule has 2 nitrogen and oxygen atoms in total. The molecule has 110 valence electrons. The first-order valence-electron chi connectivity index (χ1n) is 6.87. The SMILES string of the molecule is COc1cccc(CC2(O)CCc3c(F)cccc32)c1F. The van der Waals surface area contributed by atoms with E-state index < -0.39 is 11.4 Å². The lowest BCUT2D eigenvalue weighted by molar-refractivity contribution is 0.0380. The van der Waals surface area contributed by atoms with Crippen LogP contribution in [0.2, 0.25) is 0 Å². The van der Waals surface area contributed by atoms with Crippen molar-refractivity contribution < 1.29 is 18.6 Å². The van der Waals surface area contributed by atoms with Gasteiger partial charge in [-0.05, 0) is 41.7 Å². The van der Waals surface area contributed by atoms with Gasteiger partial charge in [-0.15, -0.1) is 0 Å². The van der Waals surface area contributed by atoms with E-state index in [9.17, 15) is 13.9 Å². The predicted molar refractivity (Wildman–Crippen MR) is 75.3 cm³/mol. The van der Waals surface area contributed by atoms with Crippen LogP contribution in [-0.2, 0) is 18.4 Å². The van der Waals surface area contributed by atoms with Crippen molar-refractivity contribution in [3.8, 4) is 5.75 Å². The molecule has 1 aliphatic rings. The number of fused-ring (bicyclic) bond motifs is 1. The molecular formula is C17H16F2O2. The fourth-order valence-electron chi connectivity index (χ4n) is 3.06. The lowest BCUT2D eigenvalue weighted by Gasteiger charge is -2.24. The van der Waals surface area contributed by atoms with Crippen LogP contribution >= 0.6 is 0 Å². The minimum absolute atomic E-state index is 0.104. The van der Waals surface area contributed by atoms with E-state index in [2.05, 4.69) is 0 Å². The predicted octanol–water partition coefficient (Wildman–Crippen LogP) is 3.35. The average Bonchev–Trinajstić information content (AvgIpc) is 2.80. The Balaban J connectivity index is 1.99. The highest BCUT2D eigenvalue weighted by Crippen LogP contribution is 2.41. The van der Waals surface area contributed by atoms with Gasteiger partial charge in [-0.1, -0.05) is 24.3 Å². The van der Waals surface area contributed by atoms with Gasteiger partial charge in [0.2, 0.25) is 0 Å². The van der Waals surface area contributed by atoms with E-state index >= 15 is 0 Å². The summed E-state index contributed by atoms with van der Waals surface area (Å²) in [5, 5.41) is 10.8. The highest BCUT2D eigenvalue weighted by atomic mass is 19.1. The second-order valence-electron chi connectivity index (χ2n) is 5.41. The summed E-state index contributed by atoms with van der Waals surface area (Å²) in [6, 6.07) is 9.51. The van der Waals surface area contributed by atoms with Crippen LogP contribution in [0.1, 0.15) is 23.1 Å². The number of halogens is 2. The van der Waals surface area contributed by atoms with Gasteiger partial charge in [-0.2, -0.15) is 0 Å². The lowest BCUT2D eigenvalue weighted by Crippen LogP contribution is -2.26. The Morgan fingerprint density at radius 3 is 2.71 bits per heavy atom. The molecule has 0 amide bonds. The molecule has 0 fully saturated rings. The van der Waals surface area contributed by atoms with Crippen LogP contribution in [0.5, 0.6) is 5.75 Å². The second-order valence-corrected chi connectivity index (χ2v) is 5.41. The quantitative estimate of drug-likeness (QED) is 0.939. The molecule has 0 saturated carbocycles. The van der Waals surface area contributed by atoms with Crippen molar-refractivity contribution in [1.29, 1.82) is 0 Å². The van der Waals surface area contributed by atoms with Crippen LogP contribution in [0.3, 0.4) is 0 Å². The molecule has 1 atom stereocenters. The number of hydrogen-bond acceptors (Lipinski definition) is 2. The molecule has 21 heavy (non-hydrogen) atoms. The topological polar surface area (TPSA) is 29.5 Å². The Kier molecular flexibility index (Phi) is 3.41. The summed E-state index contributed by atoms with van der Waals surface area (Å²) in [5.74, 6) is -0.638. The number of aliphatic hydroxyl groups is 1. The number of benzene rings is 2. The molecule has 0 radical (unpaired) electrons. The summed E-state index contributed by atoms with van der Waals surface area (Å²) in [4.78, 5) is 0. The Morgan fingerprint density at radius 2 is 1.95 bits per heavy atom. The molecule has 0 spiro atoms. The van der Waals surface area contributed by atoms with Gasteiger partial charge in [-0.25, -0.2) is 8.78 Å². The van der Waals surface area contributed by atoms with Gasteiger partial charge in [0, 0.05) is 6.42 Å². The molecule has 4 heteroatoms. The van der Waals surface area contributed by atoms with Crippen LogP contribution in [0.15, 0.2) is 36.4 Å². The maximum absolute atomic E-state index is 14.2. The van der Waals surface area contributed by atoms with E-state index in [4.69, 9.17) is 4.74 Å². The number of ether oxygens (including phenoxy) is 1. The fourth-order valence-corrected chi connectivity index (χ4v) is 3.06.